The van der Waals surface area contributed by atoms with Gasteiger partial charge in [0.1, 0.15) is 12.7 Å². The molecular weight excluding hydrogens is 413 g/mol. The Morgan fingerprint density at radius 2 is 2.00 bits per heavy atom. The van der Waals surface area contributed by atoms with Crippen molar-refractivity contribution in [2.24, 2.45) is 0 Å². The van der Waals surface area contributed by atoms with E-state index in [0.717, 1.165) is 50.7 Å². The molecule has 0 aromatic heterocycles. The van der Waals surface area contributed by atoms with Crippen LogP contribution in [-0.4, -0.2) is 54.3 Å². The Balaban J connectivity index is 1.37. The van der Waals surface area contributed by atoms with Gasteiger partial charge in [0, 0.05) is 28.5 Å². The summed E-state index contributed by atoms with van der Waals surface area (Å²) in [6.45, 7) is 4.78. The standard InChI is InChI=1S/C19H34N3O5PS/c1-14(2)27-28(25)26-12-8-4-3-7-11-20-17(23)10-6-5-9-16-18-15(13-29-16)21-19(24)22-18/h14-16,18H,3-13H2,1-2H3,(H2-,20,21,22,23,24)/p+1. The molecule has 4 unspecified atom stereocenters. The Hall–Kier alpha value is -0.890. The summed E-state index contributed by atoms with van der Waals surface area (Å²) < 4.78 is 21.5. The minimum absolute atomic E-state index is 0.0483. The van der Waals surface area contributed by atoms with Gasteiger partial charge in [-0.1, -0.05) is 19.3 Å². The molecule has 2 heterocycles. The molecule has 4 atom stereocenters. The largest absolute Gasteiger partial charge is 0.697 e. The van der Waals surface area contributed by atoms with Gasteiger partial charge in [-0.3, -0.25) is 4.79 Å². The Morgan fingerprint density at radius 3 is 2.79 bits per heavy atom. The maximum absolute atomic E-state index is 11.9. The van der Waals surface area contributed by atoms with Crippen molar-refractivity contribution in [3.8, 4) is 0 Å². The fourth-order valence-corrected chi connectivity index (χ4v) is 5.74. The Labute approximate surface area is 178 Å². The second-order valence-corrected chi connectivity index (χ2v) is 10.0. The molecule has 29 heavy (non-hydrogen) atoms. The summed E-state index contributed by atoms with van der Waals surface area (Å²) >= 11 is 1.91. The summed E-state index contributed by atoms with van der Waals surface area (Å²) in [7, 11) is -2.00. The molecule has 0 saturated carbocycles. The summed E-state index contributed by atoms with van der Waals surface area (Å²) in [6.07, 6.45) is 7.16. The molecular formula is C19H35N3O5PS+. The van der Waals surface area contributed by atoms with E-state index in [1.54, 1.807) is 0 Å². The van der Waals surface area contributed by atoms with Gasteiger partial charge in [-0.25, -0.2) is 4.79 Å². The summed E-state index contributed by atoms with van der Waals surface area (Å²) in [5.41, 5.74) is 0. The van der Waals surface area contributed by atoms with Gasteiger partial charge in [-0.05, 0) is 39.5 Å². The van der Waals surface area contributed by atoms with Gasteiger partial charge < -0.3 is 16.0 Å². The van der Waals surface area contributed by atoms with E-state index in [1.807, 2.05) is 25.6 Å². The molecule has 0 aromatic carbocycles. The van der Waals surface area contributed by atoms with Crippen LogP contribution in [0.2, 0.25) is 0 Å². The van der Waals surface area contributed by atoms with E-state index in [-0.39, 0.29) is 30.1 Å². The molecule has 2 aliphatic rings. The van der Waals surface area contributed by atoms with Crippen molar-refractivity contribution in [1.29, 1.82) is 0 Å². The minimum Gasteiger partial charge on any atom is -0.356 e. The lowest BCUT2D eigenvalue weighted by Gasteiger charge is -2.16. The van der Waals surface area contributed by atoms with Crippen molar-refractivity contribution >= 4 is 32.0 Å². The fourth-order valence-electron chi connectivity index (χ4n) is 3.51. The maximum Gasteiger partial charge on any atom is 0.697 e. The predicted molar refractivity (Wildman–Crippen MR) is 115 cm³/mol. The summed E-state index contributed by atoms with van der Waals surface area (Å²) in [5, 5.41) is 9.39. The highest BCUT2D eigenvalue weighted by molar-refractivity contribution is 8.00. The molecule has 166 valence electrons. The van der Waals surface area contributed by atoms with Crippen molar-refractivity contribution in [2.75, 3.05) is 18.9 Å². The van der Waals surface area contributed by atoms with Crippen molar-refractivity contribution in [1.82, 2.24) is 16.0 Å². The minimum atomic E-state index is -2.00. The molecule has 10 heteroatoms. The Bertz CT molecular complexity index is 552. The lowest BCUT2D eigenvalue weighted by atomic mass is 10.0. The molecule has 0 bridgehead atoms. The van der Waals surface area contributed by atoms with E-state index in [2.05, 4.69) is 16.0 Å². The van der Waals surface area contributed by atoms with Crippen LogP contribution in [0.3, 0.4) is 0 Å². The second kappa shape index (κ2) is 13.4. The predicted octanol–water partition coefficient (Wildman–Crippen LogP) is 3.49. The maximum atomic E-state index is 11.9. The molecule has 2 rings (SSSR count). The second-order valence-electron chi connectivity index (χ2n) is 7.84. The average Bonchev–Trinajstić information content (AvgIpc) is 3.19. The summed E-state index contributed by atoms with van der Waals surface area (Å²) in [5.74, 6) is 1.09. The van der Waals surface area contributed by atoms with E-state index in [1.165, 1.54) is 0 Å². The summed E-state index contributed by atoms with van der Waals surface area (Å²) in [6, 6.07) is 0.464. The number of fused-ring (bicyclic) bond motifs is 1. The number of thioether (sulfide) groups is 1. The normalized spacial score (nSPS) is 23.6. The van der Waals surface area contributed by atoms with E-state index in [4.69, 9.17) is 9.05 Å². The van der Waals surface area contributed by atoms with Gasteiger partial charge in [-0.2, -0.15) is 11.8 Å². The average molecular weight is 449 g/mol. The molecule has 3 N–H and O–H groups in total. The lowest BCUT2D eigenvalue weighted by Crippen LogP contribution is -2.36. The zero-order valence-electron chi connectivity index (χ0n) is 17.5. The first kappa shape index (κ1) is 24.4. The van der Waals surface area contributed by atoms with E-state index in [0.29, 0.717) is 24.8 Å². The van der Waals surface area contributed by atoms with Gasteiger partial charge >= 0.3 is 14.3 Å². The first-order valence-corrected chi connectivity index (χ1v) is 12.8. The monoisotopic (exact) mass is 448 g/mol. The molecule has 0 aromatic rings. The Morgan fingerprint density at radius 1 is 1.21 bits per heavy atom. The van der Waals surface area contributed by atoms with Crippen LogP contribution in [-0.2, 0) is 18.4 Å². The van der Waals surface area contributed by atoms with Gasteiger partial charge in [0.2, 0.25) is 5.91 Å². The molecule has 8 nitrogen and oxygen atoms in total. The number of unbranched alkanes of at least 4 members (excludes halogenated alkanes) is 4. The highest BCUT2D eigenvalue weighted by Crippen LogP contribution is 2.33. The number of carbonyl (C=O) groups excluding carboxylic acids is 2. The fraction of sp³-hybridized carbons (Fsp3) is 0.895. The van der Waals surface area contributed by atoms with Crippen LogP contribution in [0.1, 0.15) is 65.2 Å². The molecule has 2 fully saturated rings. The lowest BCUT2D eigenvalue weighted by molar-refractivity contribution is -0.121. The highest BCUT2D eigenvalue weighted by Gasteiger charge is 2.42. The van der Waals surface area contributed by atoms with E-state index >= 15 is 0 Å². The first-order valence-electron chi connectivity index (χ1n) is 10.7. The van der Waals surface area contributed by atoms with Gasteiger partial charge in [0.05, 0.1) is 12.1 Å². The number of hydrogen-bond donors (Lipinski definition) is 3. The number of amides is 3. The van der Waals surface area contributed by atoms with Crippen molar-refractivity contribution in [3.05, 3.63) is 0 Å². The van der Waals surface area contributed by atoms with Gasteiger partial charge in [0.15, 0.2) is 0 Å². The van der Waals surface area contributed by atoms with Crippen LogP contribution in [0.5, 0.6) is 0 Å². The molecule has 0 aliphatic carbocycles. The van der Waals surface area contributed by atoms with Crippen LogP contribution in [0.15, 0.2) is 0 Å². The van der Waals surface area contributed by atoms with Crippen LogP contribution in [0.25, 0.3) is 0 Å². The van der Waals surface area contributed by atoms with E-state index < -0.39 is 8.25 Å². The molecule has 0 radical (unpaired) electrons. The molecule has 3 amide bonds. The third-order valence-electron chi connectivity index (χ3n) is 4.97. The summed E-state index contributed by atoms with van der Waals surface area (Å²) in [4.78, 5) is 23.3. The third kappa shape index (κ3) is 9.64. The molecule has 0 spiro atoms. The number of rotatable bonds is 15. The zero-order chi connectivity index (χ0) is 21.1. The smallest absolute Gasteiger partial charge is 0.356 e. The SMILES string of the molecule is CC(C)O[P+](=O)OCCCCCCNC(=O)CCCCC1SCC2NC(=O)NC21. The molecule has 2 saturated heterocycles. The van der Waals surface area contributed by atoms with E-state index in [9.17, 15) is 14.2 Å². The van der Waals surface area contributed by atoms with Crippen LogP contribution >= 0.6 is 20.0 Å². The number of hydrogen-bond acceptors (Lipinski definition) is 6. The number of nitrogens with one attached hydrogen (secondary N) is 3. The van der Waals surface area contributed by atoms with Gasteiger partial charge in [0.25, 0.3) is 0 Å². The third-order valence-corrected chi connectivity index (χ3v) is 7.46. The van der Waals surface area contributed by atoms with Crippen LogP contribution in [0.4, 0.5) is 4.79 Å². The van der Waals surface area contributed by atoms with Gasteiger partial charge in [-0.15, -0.1) is 9.05 Å². The first-order chi connectivity index (χ1) is 14.0. The van der Waals surface area contributed by atoms with Crippen molar-refractivity contribution in [2.45, 2.75) is 88.7 Å². The van der Waals surface area contributed by atoms with Crippen LogP contribution < -0.4 is 16.0 Å². The topological polar surface area (TPSA) is 106 Å². The quantitative estimate of drug-likeness (QED) is 0.201. The number of carbonyl (C=O) groups is 2. The van der Waals surface area contributed by atoms with Crippen molar-refractivity contribution < 1.29 is 23.2 Å². The number of urea groups is 1. The van der Waals surface area contributed by atoms with Crippen LogP contribution in [0, 0.1) is 0 Å². The zero-order valence-corrected chi connectivity index (χ0v) is 19.2. The Kier molecular flexibility index (Phi) is 11.3. The van der Waals surface area contributed by atoms with Crippen molar-refractivity contribution in [3.63, 3.8) is 0 Å². The highest BCUT2D eigenvalue weighted by atomic mass is 32.2. The molecule has 2 aliphatic heterocycles.